The van der Waals surface area contributed by atoms with Gasteiger partial charge in [-0.15, -0.1) is 0 Å². The van der Waals surface area contributed by atoms with Crippen molar-refractivity contribution in [2.45, 2.75) is 26.4 Å². The lowest BCUT2D eigenvalue weighted by atomic mass is 10.1. The average molecular weight is 363 g/mol. The normalized spacial score (nSPS) is 11.8. The van der Waals surface area contributed by atoms with E-state index in [0.717, 1.165) is 22.4 Å². The van der Waals surface area contributed by atoms with Crippen molar-refractivity contribution < 1.29 is 14.3 Å². The number of carbonyl (C=O) groups is 1. The van der Waals surface area contributed by atoms with Gasteiger partial charge in [-0.25, -0.2) is 0 Å². The van der Waals surface area contributed by atoms with E-state index in [1.54, 1.807) is 0 Å². The van der Waals surface area contributed by atoms with Crippen molar-refractivity contribution in [3.63, 3.8) is 0 Å². The van der Waals surface area contributed by atoms with E-state index in [0.29, 0.717) is 19.6 Å². The molecule has 4 heteroatoms. The fraction of sp³-hybridized carbons (Fsp3) is 0.261. The Morgan fingerprint density at radius 3 is 2.52 bits per heavy atom. The summed E-state index contributed by atoms with van der Waals surface area (Å²) in [5.41, 5.74) is 1.02. The van der Waals surface area contributed by atoms with Crippen LogP contribution in [0.3, 0.4) is 0 Å². The van der Waals surface area contributed by atoms with Crippen molar-refractivity contribution in [2.24, 2.45) is 0 Å². The van der Waals surface area contributed by atoms with Gasteiger partial charge in [0.2, 0.25) is 0 Å². The summed E-state index contributed by atoms with van der Waals surface area (Å²) in [5.74, 6) is 1.42. The molecule has 0 bridgehead atoms. The molecule has 3 aromatic rings. The van der Waals surface area contributed by atoms with Crippen LogP contribution >= 0.6 is 0 Å². The third-order valence-corrected chi connectivity index (χ3v) is 4.42. The summed E-state index contributed by atoms with van der Waals surface area (Å²) >= 11 is 0. The fourth-order valence-corrected chi connectivity index (χ4v) is 2.88. The molecular weight excluding hydrogens is 338 g/mol. The Labute approximate surface area is 160 Å². The second kappa shape index (κ2) is 9.08. The second-order valence-electron chi connectivity index (χ2n) is 6.43. The van der Waals surface area contributed by atoms with Gasteiger partial charge in [0, 0.05) is 0 Å². The Balaban J connectivity index is 1.48. The van der Waals surface area contributed by atoms with Crippen LogP contribution in [0, 0.1) is 6.92 Å². The van der Waals surface area contributed by atoms with Gasteiger partial charge >= 0.3 is 0 Å². The number of fused-ring (bicyclic) bond motifs is 1. The topological polar surface area (TPSA) is 47.6 Å². The van der Waals surface area contributed by atoms with E-state index in [1.807, 2.05) is 68.4 Å². The van der Waals surface area contributed by atoms with Gasteiger partial charge in [-0.2, -0.15) is 0 Å². The maximum Gasteiger partial charge on any atom is 0.261 e. The molecule has 0 saturated carbocycles. The Morgan fingerprint density at radius 2 is 1.74 bits per heavy atom. The molecule has 0 aliphatic carbocycles. The van der Waals surface area contributed by atoms with E-state index in [1.165, 1.54) is 5.39 Å². The number of hydrogen-bond donors (Lipinski definition) is 1. The van der Waals surface area contributed by atoms with Crippen LogP contribution in [0.25, 0.3) is 10.8 Å². The number of aryl methyl sites for hydroxylation is 1. The van der Waals surface area contributed by atoms with Crippen LogP contribution in [0.1, 0.15) is 18.9 Å². The summed E-state index contributed by atoms with van der Waals surface area (Å²) in [7, 11) is 0. The van der Waals surface area contributed by atoms with Crippen LogP contribution in [-0.4, -0.2) is 25.2 Å². The van der Waals surface area contributed by atoms with E-state index in [-0.39, 0.29) is 5.91 Å². The molecule has 1 N–H and O–H groups in total. The van der Waals surface area contributed by atoms with E-state index in [9.17, 15) is 4.79 Å². The molecule has 27 heavy (non-hydrogen) atoms. The summed E-state index contributed by atoms with van der Waals surface area (Å²) in [5, 5.41) is 5.21. The number of nitrogens with one attached hydrogen (secondary N) is 1. The minimum absolute atomic E-state index is 0.122. The highest BCUT2D eigenvalue weighted by atomic mass is 16.5. The minimum Gasteiger partial charge on any atom is -0.492 e. The standard InChI is InChI=1S/C23H25NO3/c1-3-21(27-22-11-7-4-8-17(22)2)23(25)24-14-15-26-20-13-12-18-9-5-6-10-19(18)16-20/h4-13,16,21H,3,14-15H2,1-2H3,(H,24,25). The lowest BCUT2D eigenvalue weighted by molar-refractivity contribution is -0.128. The minimum atomic E-state index is -0.508. The molecule has 1 amide bonds. The Kier molecular flexibility index (Phi) is 6.31. The van der Waals surface area contributed by atoms with Crippen LogP contribution in [-0.2, 0) is 4.79 Å². The first-order chi connectivity index (χ1) is 13.2. The average Bonchev–Trinajstić information content (AvgIpc) is 2.70. The molecule has 0 heterocycles. The number of benzene rings is 3. The Hall–Kier alpha value is -3.01. The molecule has 0 aliphatic rings. The summed E-state index contributed by atoms with van der Waals surface area (Å²) < 4.78 is 11.6. The lowest BCUT2D eigenvalue weighted by Gasteiger charge is -2.18. The van der Waals surface area contributed by atoms with Crippen LogP contribution in [0.2, 0.25) is 0 Å². The molecule has 0 radical (unpaired) electrons. The molecule has 140 valence electrons. The van der Waals surface area contributed by atoms with Gasteiger partial charge in [-0.05, 0) is 47.9 Å². The van der Waals surface area contributed by atoms with Gasteiger partial charge in [0.25, 0.3) is 5.91 Å². The van der Waals surface area contributed by atoms with E-state index >= 15 is 0 Å². The molecule has 0 fully saturated rings. The maximum absolute atomic E-state index is 12.4. The number of carbonyl (C=O) groups excluding carboxylic acids is 1. The quantitative estimate of drug-likeness (QED) is 0.600. The molecule has 0 spiro atoms. The highest BCUT2D eigenvalue weighted by Crippen LogP contribution is 2.20. The first-order valence-corrected chi connectivity index (χ1v) is 9.29. The molecule has 3 rings (SSSR count). The molecule has 1 atom stereocenters. The lowest BCUT2D eigenvalue weighted by Crippen LogP contribution is -2.39. The van der Waals surface area contributed by atoms with Crippen LogP contribution in [0.5, 0.6) is 11.5 Å². The SMILES string of the molecule is CCC(Oc1ccccc1C)C(=O)NCCOc1ccc2ccccc2c1. The predicted octanol–water partition coefficient (Wildman–Crippen LogP) is 4.50. The molecular formula is C23H25NO3. The second-order valence-corrected chi connectivity index (χ2v) is 6.43. The molecule has 3 aromatic carbocycles. The zero-order chi connectivity index (χ0) is 19.1. The summed E-state index contributed by atoms with van der Waals surface area (Å²) in [6.45, 7) is 4.75. The number of amides is 1. The smallest absolute Gasteiger partial charge is 0.261 e. The van der Waals surface area contributed by atoms with Gasteiger partial charge in [0.1, 0.15) is 18.1 Å². The highest BCUT2D eigenvalue weighted by molar-refractivity contribution is 5.83. The van der Waals surface area contributed by atoms with E-state index < -0.39 is 6.10 Å². The summed E-state index contributed by atoms with van der Waals surface area (Å²) in [6.07, 6.45) is 0.0953. The zero-order valence-electron chi connectivity index (χ0n) is 15.8. The molecule has 1 unspecified atom stereocenters. The van der Waals surface area contributed by atoms with Gasteiger partial charge in [0.05, 0.1) is 6.54 Å². The fourth-order valence-electron chi connectivity index (χ4n) is 2.88. The van der Waals surface area contributed by atoms with Crippen molar-refractivity contribution in [3.8, 4) is 11.5 Å². The number of para-hydroxylation sites is 1. The monoisotopic (exact) mass is 363 g/mol. The third kappa shape index (κ3) is 5.00. The van der Waals surface area contributed by atoms with Crippen molar-refractivity contribution >= 4 is 16.7 Å². The van der Waals surface area contributed by atoms with Gasteiger partial charge in [-0.3, -0.25) is 4.79 Å². The van der Waals surface area contributed by atoms with Gasteiger partial charge in [0.15, 0.2) is 6.10 Å². The summed E-state index contributed by atoms with van der Waals surface area (Å²) in [4.78, 5) is 12.4. The maximum atomic E-state index is 12.4. The first kappa shape index (κ1) is 18.8. The van der Waals surface area contributed by atoms with Crippen LogP contribution in [0.4, 0.5) is 0 Å². The molecule has 0 aliphatic heterocycles. The Morgan fingerprint density at radius 1 is 1.00 bits per heavy atom. The third-order valence-electron chi connectivity index (χ3n) is 4.42. The van der Waals surface area contributed by atoms with E-state index in [4.69, 9.17) is 9.47 Å². The number of rotatable bonds is 8. The van der Waals surface area contributed by atoms with Crippen LogP contribution in [0.15, 0.2) is 66.7 Å². The van der Waals surface area contributed by atoms with Crippen molar-refractivity contribution in [1.82, 2.24) is 5.32 Å². The van der Waals surface area contributed by atoms with E-state index in [2.05, 4.69) is 17.4 Å². The molecule has 0 aromatic heterocycles. The van der Waals surface area contributed by atoms with Crippen LogP contribution < -0.4 is 14.8 Å². The first-order valence-electron chi connectivity index (χ1n) is 9.29. The van der Waals surface area contributed by atoms with Crippen molar-refractivity contribution in [1.29, 1.82) is 0 Å². The van der Waals surface area contributed by atoms with Gasteiger partial charge < -0.3 is 14.8 Å². The zero-order valence-corrected chi connectivity index (χ0v) is 15.8. The summed E-state index contributed by atoms with van der Waals surface area (Å²) in [6, 6.07) is 21.8. The van der Waals surface area contributed by atoms with Gasteiger partial charge in [-0.1, -0.05) is 55.5 Å². The van der Waals surface area contributed by atoms with Crippen molar-refractivity contribution in [3.05, 3.63) is 72.3 Å². The highest BCUT2D eigenvalue weighted by Gasteiger charge is 2.18. The Bertz CT molecular complexity index is 907. The van der Waals surface area contributed by atoms with Crippen molar-refractivity contribution in [2.75, 3.05) is 13.2 Å². The molecule has 0 saturated heterocycles. The largest absolute Gasteiger partial charge is 0.492 e. The molecule has 4 nitrogen and oxygen atoms in total. The number of hydrogen-bond acceptors (Lipinski definition) is 3. The predicted molar refractivity (Wildman–Crippen MR) is 108 cm³/mol. The number of ether oxygens (including phenoxy) is 2.